The fraction of sp³-hybridized carbons (Fsp3) is 0.200. The molecule has 27 heavy (non-hydrogen) atoms. The van der Waals surface area contributed by atoms with Crippen LogP contribution in [0.1, 0.15) is 5.56 Å². The second-order valence-corrected chi connectivity index (χ2v) is 6.74. The van der Waals surface area contributed by atoms with Crippen LogP contribution >= 0.6 is 19.6 Å². The average Bonchev–Trinajstić information content (AvgIpc) is 2.54. The summed E-state index contributed by atoms with van der Waals surface area (Å²) < 4.78 is 54.5. The van der Waals surface area contributed by atoms with E-state index in [1.54, 1.807) is 0 Å². The number of benzene rings is 2. The van der Waals surface area contributed by atoms with Gasteiger partial charge in [-0.1, -0.05) is 11.6 Å². The summed E-state index contributed by atoms with van der Waals surface area (Å²) in [4.78, 5) is 20.7. The summed E-state index contributed by atoms with van der Waals surface area (Å²) in [6, 6.07) is 6.10. The molecule has 7 nitrogen and oxygen atoms in total. The Kier molecular flexibility index (Phi) is 6.25. The predicted octanol–water partition coefficient (Wildman–Crippen LogP) is 5.19. The Morgan fingerprint density at radius 3 is 2.48 bits per heavy atom. The quantitative estimate of drug-likeness (QED) is 0.390. The first-order valence-corrected chi connectivity index (χ1v) is 8.94. The van der Waals surface area contributed by atoms with E-state index >= 15 is 0 Å². The Bertz CT molecular complexity index is 894. The van der Waals surface area contributed by atoms with Gasteiger partial charge >= 0.3 is 14.2 Å². The van der Waals surface area contributed by atoms with E-state index in [0.29, 0.717) is 6.07 Å². The normalized spacial score (nSPS) is 11.9. The lowest BCUT2D eigenvalue weighted by Crippen LogP contribution is -2.17. The number of nitrogens with zero attached hydrogens (tertiary/aromatic N) is 2. The highest BCUT2D eigenvalue weighted by Gasteiger charge is 2.31. The predicted molar refractivity (Wildman–Crippen MR) is 92.7 cm³/mol. The maximum atomic E-state index is 12.7. The number of halogens is 4. The van der Waals surface area contributed by atoms with Gasteiger partial charge in [-0.3, -0.25) is 10.1 Å². The van der Waals surface area contributed by atoms with Crippen molar-refractivity contribution in [2.75, 3.05) is 18.2 Å². The zero-order valence-corrected chi connectivity index (χ0v) is 15.3. The van der Waals surface area contributed by atoms with Crippen molar-refractivity contribution in [2.24, 2.45) is 0 Å². The summed E-state index contributed by atoms with van der Waals surface area (Å²) in [7, 11) is -1.21. The number of nitro benzene ring substituents is 1. The Hall–Kier alpha value is -2.42. The van der Waals surface area contributed by atoms with Crippen LogP contribution in [-0.4, -0.2) is 23.2 Å². The zero-order valence-electron chi connectivity index (χ0n) is 13.6. The summed E-state index contributed by atoms with van der Waals surface area (Å²) in [5.41, 5.74) is -1.28. The molecule has 1 unspecified atom stereocenters. The van der Waals surface area contributed by atoms with Crippen molar-refractivity contribution in [1.29, 1.82) is 0 Å². The van der Waals surface area contributed by atoms with E-state index in [0.717, 1.165) is 18.2 Å². The smallest absolute Gasteiger partial charge is 0.456 e. The van der Waals surface area contributed by atoms with Crippen LogP contribution < -0.4 is 9.64 Å². The molecule has 12 heteroatoms. The van der Waals surface area contributed by atoms with E-state index in [1.165, 1.54) is 24.1 Å². The first-order valence-electron chi connectivity index (χ1n) is 7.16. The van der Waals surface area contributed by atoms with Crippen molar-refractivity contribution in [3.63, 3.8) is 0 Å². The molecule has 0 bridgehead atoms. The molecule has 1 N–H and O–H groups in total. The van der Waals surface area contributed by atoms with E-state index in [9.17, 15) is 27.9 Å². The first-order chi connectivity index (χ1) is 12.5. The second-order valence-electron chi connectivity index (χ2n) is 5.34. The number of ether oxygens (including phenoxy) is 1. The van der Waals surface area contributed by atoms with Crippen LogP contribution in [0.2, 0.25) is 5.02 Å². The van der Waals surface area contributed by atoms with Gasteiger partial charge in [0.15, 0.2) is 0 Å². The van der Waals surface area contributed by atoms with Crippen LogP contribution in [0, 0.1) is 10.1 Å². The van der Waals surface area contributed by atoms with Gasteiger partial charge in [-0.05, 0) is 28.8 Å². The molecular weight excluding hydrogens is 412 g/mol. The molecule has 0 aliphatic rings. The third kappa shape index (κ3) is 5.29. The molecule has 0 aliphatic carbocycles. The van der Waals surface area contributed by atoms with Gasteiger partial charge in [0, 0.05) is 19.2 Å². The highest BCUT2D eigenvalue weighted by molar-refractivity contribution is 7.38. The summed E-state index contributed by atoms with van der Waals surface area (Å²) in [6.45, 7) is 0. The Balaban J connectivity index is 2.37. The Morgan fingerprint density at radius 2 is 1.96 bits per heavy atom. The first kappa shape index (κ1) is 20.9. The Labute approximate surface area is 156 Å². The van der Waals surface area contributed by atoms with Gasteiger partial charge < -0.3 is 9.64 Å². The second kappa shape index (κ2) is 8.08. The molecule has 2 rings (SSSR count). The number of rotatable bonds is 6. The van der Waals surface area contributed by atoms with Gasteiger partial charge in [0.25, 0.3) is 12.0 Å². The molecule has 2 aromatic rings. The largest absolute Gasteiger partial charge is 0.527 e. The van der Waals surface area contributed by atoms with Crippen LogP contribution in [0.25, 0.3) is 0 Å². The molecule has 0 radical (unpaired) electrons. The van der Waals surface area contributed by atoms with Crippen molar-refractivity contribution in [3.8, 4) is 11.5 Å². The maximum absolute atomic E-state index is 12.7. The van der Waals surface area contributed by atoms with Gasteiger partial charge in [-0.15, -0.1) is 0 Å². The van der Waals surface area contributed by atoms with Crippen LogP contribution in [0.3, 0.4) is 0 Å². The molecule has 0 spiro atoms. The molecule has 0 fully saturated rings. The molecule has 0 saturated heterocycles. The Morgan fingerprint density at radius 1 is 1.30 bits per heavy atom. The van der Waals surface area contributed by atoms with Gasteiger partial charge in [-0.2, -0.15) is 18.1 Å². The van der Waals surface area contributed by atoms with Crippen LogP contribution in [0.5, 0.6) is 11.5 Å². The minimum absolute atomic E-state index is 0.00191. The van der Waals surface area contributed by atoms with E-state index in [-0.39, 0.29) is 34.2 Å². The highest BCUT2D eigenvalue weighted by atomic mass is 35.5. The average molecular weight is 424 g/mol. The molecule has 0 heterocycles. The topological polar surface area (TPSA) is 92.9 Å². The third-order valence-corrected chi connectivity index (χ3v) is 4.34. The summed E-state index contributed by atoms with van der Waals surface area (Å²) in [5.74, 6) is -0.0300. The van der Waals surface area contributed by atoms with E-state index < -0.39 is 24.7 Å². The zero-order chi connectivity index (χ0) is 20.4. The van der Waals surface area contributed by atoms with Crippen molar-refractivity contribution in [1.82, 2.24) is 0 Å². The van der Waals surface area contributed by atoms with Gasteiger partial charge in [0.1, 0.15) is 17.2 Å². The van der Waals surface area contributed by atoms with E-state index in [2.05, 4.69) is 0 Å². The molecule has 0 aliphatic heterocycles. The molecule has 0 saturated carbocycles. The lowest BCUT2D eigenvalue weighted by Gasteiger charge is -2.15. The number of hydrogen-bond donors (Lipinski definition) is 1. The lowest BCUT2D eigenvalue weighted by atomic mass is 10.2. The van der Waals surface area contributed by atoms with Gasteiger partial charge in [0.05, 0.1) is 15.5 Å². The number of anilines is 1. The standard InChI is InChI=1S/C15H11ClF3N2O5P/c1-20(8-27(24)25)13-7-10(3-4-12(13)21(22)23)26-14-5-2-9(6-11(14)16)15(17,18)19/h2-7H,8H2,1H3/p+1. The third-order valence-electron chi connectivity index (χ3n) is 3.37. The maximum Gasteiger partial charge on any atom is 0.527 e. The summed E-state index contributed by atoms with van der Waals surface area (Å²) in [5, 5.41) is 10.8. The molecule has 0 amide bonds. The van der Waals surface area contributed by atoms with Gasteiger partial charge in [-0.25, -0.2) is 0 Å². The molecular formula is C15H12ClF3N2O5P+. The van der Waals surface area contributed by atoms with E-state index in [4.69, 9.17) is 21.2 Å². The molecule has 0 aromatic heterocycles. The van der Waals surface area contributed by atoms with Crippen molar-refractivity contribution >= 4 is 31.0 Å². The van der Waals surface area contributed by atoms with Crippen molar-refractivity contribution in [2.45, 2.75) is 6.18 Å². The molecule has 2 aromatic carbocycles. The highest BCUT2D eigenvalue weighted by Crippen LogP contribution is 2.39. The SMILES string of the molecule is CN(C[P+](=O)O)c1cc(Oc2ccc(C(F)(F)F)cc2Cl)ccc1[N+](=O)[O-]. The monoisotopic (exact) mass is 423 g/mol. The van der Waals surface area contributed by atoms with Crippen molar-refractivity contribution in [3.05, 3.63) is 57.1 Å². The molecule has 144 valence electrons. The van der Waals surface area contributed by atoms with Gasteiger partial charge in [0.2, 0.25) is 0 Å². The van der Waals surface area contributed by atoms with Crippen LogP contribution in [-0.2, 0) is 10.7 Å². The summed E-state index contributed by atoms with van der Waals surface area (Å²) in [6.07, 6.45) is -4.92. The van der Waals surface area contributed by atoms with E-state index in [1.807, 2.05) is 0 Å². The fourth-order valence-corrected chi connectivity index (χ4v) is 2.91. The minimum atomic E-state index is -4.56. The minimum Gasteiger partial charge on any atom is -0.456 e. The number of alkyl halides is 3. The van der Waals surface area contributed by atoms with Crippen molar-refractivity contribution < 1.29 is 32.3 Å². The number of nitro groups is 1. The molecule has 1 atom stereocenters. The summed E-state index contributed by atoms with van der Waals surface area (Å²) >= 11 is 5.82. The fourth-order valence-electron chi connectivity index (χ4n) is 2.17. The van der Waals surface area contributed by atoms with Crippen LogP contribution in [0.15, 0.2) is 36.4 Å². The lowest BCUT2D eigenvalue weighted by molar-refractivity contribution is -0.384. The van der Waals surface area contributed by atoms with Crippen LogP contribution in [0.4, 0.5) is 24.5 Å². The number of hydrogen-bond acceptors (Lipinski definition) is 5.